The summed E-state index contributed by atoms with van der Waals surface area (Å²) in [6.07, 6.45) is 4.92. The number of nitrogens with zero attached hydrogens (tertiary/aromatic N) is 4. The van der Waals surface area contributed by atoms with Crippen LogP contribution in [0.25, 0.3) is 0 Å². The van der Waals surface area contributed by atoms with Crippen LogP contribution >= 0.6 is 0 Å². The summed E-state index contributed by atoms with van der Waals surface area (Å²) >= 11 is 0. The standard InChI is InChI=1S/C28H32N4O2/c1-34-28(33)24-13-14-27(29-21-24)31-19-17-30(18-20-31)15-6-16-32-25-9-4-2-7-22(25)11-12-23-8-3-5-10-26(23)32/h2-5,7-10,13-14,21H,6,11-12,15-20H2,1H3. The van der Waals surface area contributed by atoms with Crippen molar-refractivity contribution in [3.8, 4) is 0 Å². The third kappa shape index (κ3) is 4.77. The first-order chi connectivity index (χ1) is 16.7. The fourth-order valence-corrected chi connectivity index (χ4v) is 5.08. The molecule has 0 aliphatic carbocycles. The minimum atomic E-state index is -0.349. The Morgan fingerprint density at radius 3 is 2.09 bits per heavy atom. The zero-order chi connectivity index (χ0) is 23.3. The lowest BCUT2D eigenvalue weighted by molar-refractivity contribution is 0.0600. The highest BCUT2D eigenvalue weighted by Gasteiger charge is 2.22. The number of fused-ring (bicyclic) bond motifs is 2. The molecule has 0 N–H and O–H groups in total. The number of ether oxygens (including phenoxy) is 1. The number of hydrogen-bond donors (Lipinski definition) is 0. The van der Waals surface area contributed by atoms with Crippen molar-refractivity contribution in [2.45, 2.75) is 19.3 Å². The molecule has 0 bridgehead atoms. The molecule has 0 spiro atoms. The molecule has 1 aromatic heterocycles. The van der Waals surface area contributed by atoms with Crippen molar-refractivity contribution < 1.29 is 9.53 Å². The van der Waals surface area contributed by atoms with Crippen molar-refractivity contribution in [3.05, 3.63) is 83.6 Å². The SMILES string of the molecule is COC(=O)c1ccc(N2CCN(CCCN3c4ccccc4CCc4ccccc43)CC2)nc1. The topological polar surface area (TPSA) is 48.9 Å². The van der Waals surface area contributed by atoms with Gasteiger partial charge in [-0.05, 0) is 61.2 Å². The molecule has 0 saturated carbocycles. The second-order valence-electron chi connectivity index (χ2n) is 8.99. The molecule has 34 heavy (non-hydrogen) atoms. The largest absolute Gasteiger partial charge is 0.465 e. The Labute approximate surface area is 201 Å². The fraction of sp³-hybridized carbons (Fsp3) is 0.357. The number of carbonyl (C=O) groups is 1. The average molecular weight is 457 g/mol. The van der Waals surface area contributed by atoms with Crippen LogP contribution in [0.2, 0.25) is 0 Å². The highest BCUT2D eigenvalue weighted by molar-refractivity contribution is 5.89. The Hall–Kier alpha value is -3.38. The zero-order valence-corrected chi connectivity index (χ0v) is 19.8. The number of aryl methyl sites for hydroxylation is 2. The van der Waals surface area contributed by atoms with Gasteiger partial charge in [-0.2, -0.15) is 0 Å². The van der Waals surface area contributed by atoms with Crippen molar-refractivity contribution in [1.82, 2.24) is 9.88 Å². The molecule has 6 nitrogen and oxygen atoms in total. The number of methoxy groups -OCH3 is 1. The van der Waals surface area contributed by atoms with Gasteiger partial charge in [-0.25, -0.2) is 9.78 Å². The van der Waals surface area contributed by atoms with E-state index in [4.69, 9.17) is 4.74 Å². The van der Waals surface area contributed by atoms with Gasteiger partial charge in [-0.1, -0.05) is 36.4 Å². The maximum absolute atomic E-state index is 11.6. The van der Waals surface area contributed by atoms with Gasteiger partial charge in [-0.15, -0.1) is 0 Å². The van der Waals surface area contributed by atoms with E-state index >= 15 is 0 Å². The highest BCUT2D eigenvalue weighted by Crippen LogP contribution is 2.35. The van der Waals surface area contributed by atoms with Gasteiger partial charge >= 0.3 is 5.97 Å². The van der Waals surface area contributed by atoms with Gasteiger partial charge in [-0.3, -0.25) is 4.90 Å². The lowest BCUT2D eigenvalue weighted by Gasteiger charge is -2.36. The summed E-state index contributed by atoms with van der Waals surface area (Å²) in [5, 5.41) is 0. The van der Waals surface area contributed by atoms with Crippen LogP contribution in [0.4, 0.5) is 17.2 Å². The summed E-state index contributed by atoms with van der Waals surface area (Å²) in [7, 11) is 1.39. The second-order valence-corrected chi connectivity index (χ2v) is 8.99. The first-order valence-corrected chi connectivity index (χ1v) is 12.2. The summed E-state index contributed by atoms with van der Waals surface area (Å²) < 4.78 is 4.76. The molecule has 0 atom stereocenters. The molecule has 2 aliphatic rings. The molecule has 2 aromatic carbocycles. The monoisotopic (exact) mass is 456 g/mol. The summed E-state index contributed by atoms with van der Waals surface area (Å²) in [6, 6.07) is 21.4. The molecule has 1 fully saturated rings. The number of anilines is 3. The Balaban J connectivity index is 1.17. The third-order valence-electron chi connectivity index (χ3n) is 6.95. The van der Waals surface area contributed by atoms with Crippen LogP contribution in [-0.4, -0.2) is 62.2 Å². The van der Waals surface area contributed by atoms with Crippen LogP contribution in [0.3, 0.4) is 0 Å². The van der Waals surface area contributed by atoms with Crippen molar-refractivity contribution in [2.75, 3.05) is 56.2 Å². The average Bonchev–Trinajstić information content (AvgIpc) is 3.06. The molecule has 3 heterocycles. The van der Waals surface area contributed by atoms with E-state index in [0.717, 1.165) is 64.3 Å². The zero-order valence-electron chi connectivity index (χ0n) is 19.8. The van der Waals surface area contributed by atoms with E-state index < -0.39 is 0 Å². The Morgan fingerprint density at radius 1 is 0.853 bits per heavy atom. The number of carbonyl (C=O) groups excluding carboxylic acids is 1. The van der Waals surface area contributed by atoms with Gasteiger partial charge in [0.2, 0.25) is 0 Å². The first kappa shape index (κ1) is 22.4. The molecule has 176 valence electrons. The number of para-hydroxylation sites is 2. The fourth-order valence-electron chi connectivity index (χ4n) is 5.08. The van der Waals surface area contributed by atoms with Gasteiger partial charge in [0.1, 0.15) is 5.82 Å². The lowest BCUT2D eigenvalue weighted by atomic mass is 10.0. The minimum Gasteiger partial charge on any atom is -0.465 e. The van der Waals surface area contributed by atoms with Crippen LogP contribution in [0.5, 0.6) is 0 Å². The predicted molar refractivity (Wildman–Crippen MR) is 136 cm³/mol. The summed E-state index contributed by atoms with van der Waals surface area (Å²) in [5.41, 5.74) is 6.09. The molecule has 0 amide bonds. The van der Waals surface area contributed by atoms with E-state index in [1.54, 1.807) is 12.3 Å². The predicted octanol–water partition coefficient (Wildman–Crippen LogP) is 4.32. The Bertz CT molecular complexity index is 1080. The number of hydrogen-bond acceptors (Lipinski definition) is 6. The Morgan fingerprint density at radius 2 is 1.50 bits per heavy atom. The quantitative estimate of drug-likeness (QED) is 0.515. The van der Waals surface area contributed by atoms with E-state index in [9.17, 15) is 4.79 Å². The maximum Gasteiger partial charge on any atom is 0.339 e. The number of esters is 1. The van der Waals surface area contributed by atoms with Gasteiger partial charge in [0.05, 0.1) is 12.7 Å². The van der Waals surface area contributed by atoms with E-state index in [0.29, 0.717) is 5.56 Å². The number of benzene rings is 2. The molecule has 1 saturated heterocycles. The molecule has 2 aliphatic heterocycles. The van der Waals surface area contributed by atoms with Gasteiger partial charge in [0, 0.05) is 50.3 Å². The molecule has 6 heteroatoms. The van der Waals surface area contributed by atoms with Gasteiger partial charge < -0.3 is 14.5 Å². The molecular formula is C28H32N4O2. The van der Waals surface area contributed by atoms with Crippen LogP contribution in [0.1, 0.15) is 27.9 Å². The molecule has 0 radical (unpaired) electrons. The normalized spacial score (nSPS) is 15.9. The molecular weight excluding hydrogens is 424 g/mol. The van der Waals surface area contributed by atoms with E-state index in [-0.39, 0.29) is 5.97 Å². The lowest BCUT2D eigenvalue weighted by Crippen LogP contribution is -2.47. The first-order valence-electron chi connectivity index (χ1n) is 12.2. The highest BCUT2D eigenvalue weighted by atomic mass is 16.5. The van der Waals surface area contributed by atoms with Crippen molar-refractivity contribution in [2.24, 2.45) is 0 Å². The number of piperazine rings is 1. The molecule has 0 unspecified atom stereocenters. The van der Waals surface area contributed by atoms with Crippen LogP contribution in [0, 0.1) is 0 Å². The minimum absolute atomic E-state index is 0.349. The van der Waals surface area contributed by atoms with Crippen molar-refractivity contribution in [3.63, 3.8) is 0 Å². The van der Waals surface area contributed by atoms with E-state index in [1.165, 1.54) is 29.6 Å². The smallest absolute Gasteiger partial charge is 0.339 e. The summed E-state index contributed by atoms with van der Waals surface area (Å²) in [5.74, 6) is 0.573. The van der Waals surface area contributed by atoms with Crippen LogP contribution in [0.15, 0.2) is 66.9 Å². The van der Waals surface area contributed by atoms with Crippen molar-refractivity contribution in [1.29, 1.82) is 0 Å². The van der Waals surface area contributed by atoms with Crippen LogP contribution in [-0.2, 0) is 17.6 Å². The van der Waals surface area contributed by atoms with Crippen molar-refractivity contribution >= 4 is 23.2 Å². The summed E-state index contributed by atoms with van der Waals surface area (Å²) in [6.45, 7) is 6.04. The van der Waals surface area contributed by atoms with Gasteiger partial charge in [0.15, 0.2) is 0 Å². The summed E-state index contributed by atoms with van der Waals surface area (Å²) in [4.78, 5) is 23.5. The van der Waals surface area contributed by atoms with Crippen LogP contribution < -0.4 is 9.80 Å². The maximum atomic E-state index is 11.6. The third-order valence-corrected chi connectivity index (χ3v) is 6.95. The van der Waals surface area contributed by atoms with E-state index in [1.807, 2.05) is 6.07 Å². The van der Waals surface area contributed by atoms with E-state index in [2.05, 4.69) is 68.2 Å². The number of aromatic nitrogens is 1. The molecule has 3 aromatic rings. The Kier molecular flexibility index (Phi) is 6.77. The number of rotatable bonds is 6. The second kappa shape index (κ2) is 10.3. The van der Waals surface area contributed by atoms with Gasteiger partial charge in [0.25, 0.3) is 0 Å². The number of pyridine rings is 1. The molecule has 5 rings (SSSR count).